The summed E-state index contributed by atoms with van der Waals surface area (Å²) in [4.78, 5) is 28.0. The van der Waals surface area contributed by atoms with Gasteiger partial charge in [-0.05, 0) is 49.9 Å². The van der Waals surface area contributed by atoms with Crippen LogP contribution in [0.25, 0.3) is 10.9 Å². The first kappa shape index (κ1) is 20.3. The summed E-state index contributed by atoms with van der Waals surface area (Å²) in [5.41, 5.74) is 1.59. The lowest BCUT2D eigenvalue weighted by Gasteiger charge is -2.28. The van der Waals surface area contributed by atoms with Gasteiger partial charge in [0.25, 0.3) is 0 Å². The van der Waals surface area contributed by atoms with Crippen LogP contribution in [0.1, 0.15) is 25.7 Å². The van der Waals surface area contributed by atoms with Gasteiger partial charge in [-0.3, -0.25) is 4.79 Å². The molecule has 0 bridgehead atoms. The molecule has 1 saturated carbocycles. The monoisotopic (exact) mass is 424 g/mol. The second-order valence-corrected chi connectivity index (χ2v) is 8.22. The average molecular weight is 425 g/mol. The molecule has 4 rings (SSSR count). The third kappa shape index (κ3) is 4.62. The number of para-hydroxylation sites is 1. The van der Waals surface area contributed by atoms with Crippen molar-refractivity contribution in [3.63, 3.8) is 0 Å². The molecule has 0 radical (unpaired) electrons. The Hall–Kier alpha value is -2.93. The number of fused-ring (bicyclic) bond motifs is 1. The SMILES string of the molecule is CN(C)c1nc(N[C@H]2CC[C@@H](C(=O)Nc3ccc(Cl)nc3)CC2)nc2ccccc12. The first-order valence-electron chi connectivity index (χ1n) is 10.1. The maximum atomic E-state index is 12.6. The second kappa shape index (κ2) is 8.83. The number of halogens is 1. The average Bonchev–Trinajstić information content (AvgIpc) is 2.75. The third-order valence-electron chi connectivity index (χ3n) is 5.43. The first-order valence-corrected chi connectivity index (χ1v) is 10.5. The number of pyridine rings is 1. The Kier molecular flexibility index (Phi) is 5.99. The van der Waals surface area contributed by atoms with Gasteiger partial charge in [0.2, 0.25) is 11.9 Å². The zero-order chi connectivity index (χ0) is 21.1. The number of benzene rings is 1. The summed E-state index contributed by atoms with van der Waals surface area (Å²) >= 11 is 5.79. The van der Waals surface area contributed by atoms with Crippen LogP contribution >= 0.6 is 11.6 Å². The predicted octanol–water partition coefficient (Wildman–Crippen LogP) is 4.35. The summed E-state index contributed by atoms with van der Waals surface area (Å²) in [7, 11) is 3.97. The molecule has 0 aliphatic heterocycles. The van der Waals surface area contributed by atoms with Crippen molar-refractivity contribution in [2.45, 2.75) is 31.7 Å². The maximum absolute atomic E-state index is 12.6. The van der Waals surface area contributed by atoms with Crippen molar-refractivity contribution in [3.8, 4) is 0 Å². The minimum absolute atomic E-state index is 0.00594. The number of hydrogen-bond acceptors (Lipinski definition) is 6. The van der Waals surface area contributed by atoms with Gasteiger partial charge in [-0.15, -0.1) is 0 Å². The minimum Gasteiger partial charge on any atom is -0.362 e. The van der Waals surface area contributed by atoms with Crippen molar-refractivity contribution in [1.29, 1.82) is 0 Å². The molecule has 0 saturated heterocycles. The second-order valence-electron chi connectivity index (χ2n) is 7.83. The summed E-state index contributed by atoms with van der Waals surface area (Å²) < 4.78 is 0. The molecule has 0 atom stereocenters. The summed E-state index contributed by atoms with van der Waals surface area (Å²) in [6.45, 7) is 0. The van der Waals surface area contributed by atoms with E-state index in [4.69, 9.17) is 16.6 Å². The largest absolute Gasteiger partial charge is 0.362 e. The summed E-state index contributed by atoms with van der Waals surface area (Å²) in [5.74, 6) is 1.56. The standard InChI is InChI=1S/C22H25ClN6O/c1-29(2)20-17-5-3-4-6-18(17)27-22(28-20)26-15-9-7-14(8-10-15)21(30)25-16-11-12-19(23)24-13-16/h3-6,11-15H,7-10H2,1-2H3,(H,25,30)(H,26,27,28)/t14-,15+. The molecule has 156 valence electrons. The molecule has 2 aromatic heterocycles. The normalized spacial score (nSPS) is 18.8. The van der Waals surface area contributed by atoms with Crippen LogP contribution in [0.5, 0.6) is 0 Å². The Bertz CT molecular complexity index is 1030. The number of hydrogen-bond donors (Lipinski definition) is 2. The number of carbonyl (C=O) groups is 1. The molecule has 3 aromatic rings. The van der Waals surface area contributed by atoms with E-state index in [0.717, 1.165) is 42.4 Å². The molecule has 7 nitrogen and oxygen atoms in total. The van der Waals surface area contributed by atoms with Crippen LogP contribution in [0.15, 0.2) is 42.6 Å². The van der Waals surface area contributed by atoms with Crippen LogP contribution in [0, 0.1) is 5.92 Å². The molecule has 1 aliphatic rings. The predicted molar refractivity (Wildman–Crippen MR) is 121 cm³/mol. The van der Waals surface area contributed by atoms with Crippen molar-refractivity contribution in [2.24, 2.45) is 5.92 Å². The van der Waals surface area contributed by atoms with Crippen molar-refractivity contribution in [2.75, 3.05) is 29.6 Å². The lowest BCUT2D eigenvalue weighted by Crippen LogP contribution is -2.32. The van der Waals surface area contributed by atoms with Gasteiger partial charge in [0.05, 0.1) is 17.4 Å². The molecule has 0 spiro atoms. The fourth-order valence-corrected chi connectivity index (χ4v) is 3.95. The summed E-state index contributed by atoms with van der Waals surface area (Å²) in [6.07, 6.45) is 5.00. The molecule has 1 fully saturated rings. The zero-order valence-corrected chi connectivity index (χ0v) is 17.9. The Labute approximate surface area is 180 Å². The van der Waals surface area contributed by atoms with Crippen molar-refractivity contribution < 1.29 is 4.79 Å². The van der Waals surface area contributed by atoms with E-state index >= 15 is 0 Å². The number of nitrogens with one attached hydrogen (secondary N) is 2. The van der Waals surface area contributed by atoms with Crippen molar-refractivity contribution in [3.05, 3.63) is 47.7 Å². The van der Waals surface area contributed by atoms with E-state index in [0.29, 0.717) is 16.8 Å². The highest BCUT2D eigenvalue weighted by Crippen LogP contribution is 2.29. The molecular weight excluding hydrogens is 400 g/mol. The highest BCUT2D eigenvalue weighted by Gasteiger charge is 2.27. The van der Waals surface area contributed by atoms with Gasteiger partial charge < -0.3 is 15.5 Å². The van der Waals surface area contributed by atoms with Crippen LogP contribution in [0.3, 0.4) is 0 Å². The Morgan fingerprint density at radius 1 is 1.07 bits per heavy atom. The first-order chi connectivity index (χ1) is 14.5. The fraction of sp³-hybridized carbons (Fsp3) is 0.364. The number of aromatic nitrogens is 3. The number of carbonyl (C=O) groups excluding carboxylic acids is 1. The highest BCUT2D eigenvalue weighted by molar-refractivity contribution is 6.29. The molecule has 2 N–H and O–H groups in total. The molecule has 1 aromatic carbocycles. The van der Waals surface area contributed by atoms with E-state index in [2.05, 4.69) is 20.6 Å². The Morgan fingerprint density at radius 2 is 1.83 bits per heavy atom. The smallest absolute Gasteiger partial charge is 0.227 e. The quantitative estimate of drug-likeness (QED) is 0.592. The molecule has 30 heavy (non-hydrogen) atoms. The molecule has 2 heterocycles. The molecular formula is C22H25ClN6O. The van der Waals surface area contributed by atoms with Gasteiger partial charge in [0.15, 0.2) is 0 Å². The summed E-state index contributed by atoms with van der Waals surface area (Å²) in [6, 6.07) is 11.7. The molecule has 1 aliphatic carbocycles. The van der Waals surface area contributed by atoms with E-state index < -0.39 is 0 Å². The van der Waals surface area contributed by atoms with Gasteiger partial charge in [-0.1, -0.05) is 23.7 Å². The van der Waals surface area contributed by atoms with Gasteiger partial charge in [-0.2, -0.15) is 4.98 Å². The number of rotatable bonds is 5. The maximum Gasteiger partial charge on any atom is 0.227 e. The molecule has 8 heteroatoms. The van der Waals surface area contributed by atoms with Gasteiger partial charge in [-0.25, -0.2) is 9.97 Å². The van der Waals surface area contributed by atoms with Crippen LogP contribution in [0.2, 0.25) is 5.15 Å². The van der Waals surface area contributed by atoms with E-state index in [1.54, 1.807) is 18.3 Å². The van der Waals surface area contributed by atoms with Crippen LogP contribution in [-0.4, -0.2) is 41.0 Å². The highest BCUT2D eigenvalue weighted by atomic mass is 35.5. The van der Waals surface area contributed by atoms with Gasteiger partial charge >= 0.3 is 0 Å². The number of nitrogens with zero attached hydrogens (tertiary/aromatic N) is 4. The van der Waals surface area contributed by atoms with Crippen LogP contribution < -0.4 is 15.5 Å². The zero-order valence-electron chi connectivity index (χ0n) is 17.1. The lowest BCUT2D eigenvalue weighted by molar-refractivity contribution is -0.120. The summed E-state index contributed by atoms with van der Waals surface area (Å²) in [5, 5.41) is 7.85. The Balaban J connectivity index is 1.38. The topological polar surface area (TPSA) is 83.0 Å². The fourth-order valence-electron chi connectivity index (χ4n) is 3.84. The van der Waals surface area contributed by atoms with E-state index in [1.807, 2.05) is 43.3 Å². The molecule has 0 unspecified atom stereocenters. The van der Waals surface area contributed by atoms with E-state index in [-0.39, 0.29) is 17.9 Å². The van der Waals surface area contributed by atoms with Crippen LogP contribution in [0.4, 0.5) is 17.5 Å². The Morgan fingerprint density at radius 3 is 2.53 bits per heavy atom. The van der Waals surface area contributed by atoms with E-state index in [9.17, 15) is 4.79 Å². The third-order valence-corrected chi connectivity index (χ3v) is 5.66. The van der Waals surface area contributed by atoms with Crippen molar-refractivity contribution in [1.82, 2.24) is 15.0 Å². The van der Waals surface area contributed by atoms with Gasteiger partial charge in [0.1, 0.15) is 11.0 Å². The van der Waals surface area contributed by atoms with Gasteiger partial charge in [0, 0.05) is 31.4 Å². The molecule has 1 amide bonds. The van der Waals surface area contributed by atoms with E-state index in [1.165, 1.54) is 0 Å². The minimum atomic E-state index is -0.00594. The lowest BCUT2D eigenvalue weighted by atomic mass is 9.85. The van der Waals surface area contributed by atoms with Crippen molar-refractivity contribution >= 4 is 45.9 Å². The number of anilines is 3. The van der Waals surface area contributed by atoms with Crippen LogP contribution in [-0.2, 0) is 4.79 Å². The number of amides is 1.